The quantitative estimate of drug-likeness (QED) is 0.883. The lowest BCUT2D eigenvalue weighted by molar-refractivity contribution is 0.0697. The van der Waals surface area contributed by atoms with Gasteiger partial charge in [0.15, 0.2) is 0 Å². The van der Waals surface area contributed by atoms with Crippen LogP contribution in [0.5, 0.6) is 0 Å². The maximum atomic E-state index is 11.2. The van der Waals surface area contributed by atoms with E-state index in [9.17, 15) is 4.79 Å². The first kappa shape index (κ1) is 13.1. The highest BCUT2D eigenvalue weighted by atomic mass is 16.4. The van der Waals surface area contributed by atoms with Crippen LogP contribution in [-0.4, -0.2) is 16.1 Å². The summed E-state index contributed by atoms with van der Waals surface area (Å²) in [6.45, 7) is 5.60. The summed E-state index contributed by atoms with van der Waals surface area (Å²) in [5.41, 5.74) is 1.46. The highest BCUT2D eigenvalue weighted by molar-refractivity contribution is 5.93. The topological polar surface area (TPSA) is 75.4 Å². The summed E-state index contributed by atoms with van der Waals surface area (Å²) in [5.74, 6) is 0.592. The van der Waals surface area contributed by atoms with Gasteiger partial charge in [0.25, 0.3) is 0 Å². The summed E-state index contributed by atoms with van der Waals surface area (Å²) in [7, 11) is 0. The van der Waals surface area contributed by atoms with Crippen LogP contribution in [0.1, 0.15) is 40.5 Å². The van der Waals surface area contributed by atoms with Crippen molar-refractivity contribution in [1.29, 1.82) is 0 Å². The van der Waals surface area contributed by atoms with Crippen molar-refractivity contribution in [2.75, 3.05) is 5.32 Å². The summed E-state index contributed by atoms with van der Waals surface area (Å²) < 4.78 is 5.52. The molecule has 1 unspecified atom stereocenters. The van der Waals surface area contributed by atoms with Crippen molar-refractivity contribution in [3.8, 4) is 0 Å². The number of furan rings is 1. The van der Waals surface area contributed by atoms with Crippen LogP contribution in [0.4, 0.5) is 5.69 Å². The number of nitrogens with one attached hydrogen (secondary N) is 1. The number of carboxylic acid groups (broad SMARTS) is 1. The number of anilines is 1. The Morgan fingerprint density at radius 3 is 2.74 bits per heavy atom. The Hall–Kier alpha value is -2.30. The van der Waals surface area contributed by atoms with Crippen LogP contribution in [0, 0.1) is 13.8 Å². The molecule has 5 heteroatoms. The van der Waals surface area contributed by atoms with Gasteiger partial charge in [0.1, 0.15) is 17.1 Å². The van der Waals surface area contributed by atoms with E-state index in [2.05, 4.69) is 10.3 Å². The molecule has 0 aliphatic heterocycles. The van der Waals surface area contributed by atoms with Gasteiger partial charge in [-0.25, -0.2) is 4.79 Å². The fraction of sp³-hybridized carbons (Fsp3) is 0.286. The normalized spacial score (nSPS) is 12.2. The Kier molecular flexibility index (Phi) is 3.55. The van der Waals surface area contributed by atoms with E-state index in [4.69, 9.17) is 9.52 Å². The number of rotatable bonds is 4. The number of aryl methyl sites for hydroxylation is 2. The van der Waals surface area contributed by atoms with Crippen molar-refractivity contribution >= 4 is 11.7 Å². The van der Waals surface area contributed by atoms with E-state index in [1.54, 1.807) is 6.07 Å². The van der Waals surface area contributed by atoms with Gasteiger partial charge in [0, 0.05) is 11.9 Å². The first-order chi connectivity index (χ1) is 8.97. The number of hydrogen-bond donors (Lipinski definition) is 2. The van der Waals surface area contributed by atoms with Crippen molar-refractivity contribution in [2.45, 2.75) is 26.8 Å². The van der Waals surface area contributed by atoms with Gasteiger partial charge >= 0.3 is 5.97 Å². The number of carbonyl (C=O) groups is 1. The lowest BCUT2D eigenvalue weighted by Gasteiger charge is -2.15. The SMILES string of the molecule is Cc1cc(NC(C)c2ccc(C)o2)c(C(=O)O)cn1. The van der Waals surface area contributed by atoms with E-state index < -0.39 is 5.97 Å². The molecule has 0 bridgehead atoms. The molecule has 2 heterocycles. The third kappa shape index (κ3) is 2.93. The average Bonchev–Trinajstić information content (AvgIpc) is 2.75. The van der Waals surface area contributed by atoms with E-state index >= 15 is 0 Å². The molecule has 1 atom stereocenters. The fourth-order valence-corrected chi connectivity index (χ4v) is 1.84. The van der Waals surface area contributed by atoms with Gasteiger partial charge in [-0.05, 0) is 39.0 Å². The number of nitrogens with zero attached hydrogens (tertiary/aromatic N) is 1. The molecule has 0 aliphatic carbocycles. The molecule has 2 aromatic heterocycles. The van der Waals surface area contributed by atoms with Crippen molar-refractivity contribution in [1.82, 2.24) is 4.98 Å². The van der Waals surface area contributed by atoms with Crippen LogP contribution in [0.25, 0.3) is 0 Å². The molecule has 19 heavy (non-hydrogen) atoms. The number of carboxylic acids is 1. The Bertz CT molecular complexity index is 604. The molecule has 0 spiro atoms. The van der Waals surface area contributed by atoms with Crippen LogP contribution in [-0.2, 0) is 0 Å². The van der Waals surface area contributed by atoms with Crippen LogP contribution >= 0.6 is 0 Å². The summed E-state index contributed by atoms with van der Waals surface area (Å²) in [6.07, 6.45) is 1.36. The number of hydrogen-bond acceptors (Lipinski definition) is 4. The zero-order valence-electron chi connectivity index (χ0n) is 11.1. The van der Waals surface area contributed by atoms with Gasteiger partial charge < -0.3 is 14.8 Å². The van der Waals surface area contributed by atoms with Crippen molar-refractivity contribution in [3.63, 3.8) is 0 Å². The van der Waals surface area contributed by atoms with Crippen LogP contribution in [0.3, 0.4) is 0 Å². The minimum Gasteiger partial charge on any atom is -0.478 e. The summed E-state index contributed by atoms with van der Waals surface area (Å²) in [4.78, 5) is 15.2. The predicted octanol–water partition coefficient (Wildman–Crippen LogP) is 3.16. The highest BCUT2D eigenvalue weighted by Crippen LogP contribution is 2.24. The predicted molar refractivity (Wildman–Crippen MR) is 71.4 cm³/mol. The number of aromatic nitrogens is 1. The summed E-state index contributed by atoms with van der Waals surface area (Å²) in [6, 6.07) is 5.36. The maximum Gasteiger partial charge on any atom is 0.339 e. The molecular weight excluding hydrogens is 244 g/mol. The van der Waals surface area contributed by atoms with Crippen molar-refractivity contribution in [3.05, 3.63) is 47.2 Å². The molecule has 2 aromatic rings. The Morgan fingerprint density at radius 1 is 1.42 bits per heavy atom. The molecule has 100 valence electrons. The van der Waals surface area contributed by atoms with Crippen molar-refractivity contribution < 1.29 is 14.3 Å². The molecule has 0 aliphatic rings. The second-order valence-electron chi connectivity index (χ2n) is 4.49. The molecule has 0 radical (unpaired) electrons. The minimum absolute atomic E-state index is 0.117. The van der Waals surface area contributed by atoms with Gasteiger partial charge in [-0.2, -0.15) is 0 Å². The first-order valence-corrected chi connectivity index (χ1v) is 6.00. The van der Waals surface area contributed by atoms with Crippen LogP contribution < -0.4 is 5.32 Å². The lowest BCUT2D eigenvalue weighted by Crippen LogP contribution is -2.11. The number of aromatic carboxylic acids is 1. The molecule has 2 rings (SSSR count). The average molecular weight is 260 g/mol. The van der Waals surface area contributed by atoms with E-state index in [0.29, 0.717) is 5.69 Å². The maximum absolute atomic E-state index is 11.2. The van der Waals surface area contributed by atoms with E-state index in [0.717, 1.165) is 17.2 Å². The lowest BCUT2D eigenvalue weighted by atomic mass is 10.1. The van der Waals surface area contributed by atoms with E-state index in [1.807, 2.05) is 32.9 Å². The monoisotopic (exact) mass is 260 g/mol. The third-order valence-corrected chi connectivity index (χ3v) is 2.83. The van der Waals surface area contributed by atoms with Gasteiger partial charge in [0.05, 0.1) is 11.7 Å². The first-order valence-electron chi connectivity index (χ1n) is 6.00. The van der Waals surface area contributed by atoms with E-state index in [-0.39, 0.29) is 11.6 Å². The Labute approximate surface area is 111 Å². The molecule has 0 saturated heterocycles. The molecule has 0 fully saturated rings. The standard InChI is InChI=1S/C14H16N2O3/c1-8-6-12(11(7-15-8)14(17)18)16-10(3)13-5-4-9(2)19-13/h4-7,10H,1-3H3,(H,15,16)(H,17,18). The summed E-state index contributed by atoms with van der Waals surface area (Å²) >= 11 is 0. The minimum atomic E-state index is -1.00. The molecule has 0 aromatic carbocycles. The van der Waals surface area contributed by atoms with Crippen LogP contribution in [0.2, 0.25) is 0 Å². The smallest absolute Gasteiger partial charge is 0.339 e. The molecule has 0 saturated carbocycles. The molecular formula is C14H16N2O3. The van der Waals surface area contributed by atoms with Gasteiger partial charge in [-0.3, -0.25) is 4.98 Å². The molecule has 2 N–H and O–H groups in total. The summed E-state index contributed by atoms with van der Waals surface area (Å²) in [5, 5.41) is 12.3. The second-order valence-corrected chi connectivity index (χ2v) is 4.49. The largest absolute Gasteiger partial charge is 0.478 e. The molecule has 5 nitrogen and oxygen atoms in total. The zero-order chi connectivity index (χ0) is 14.0. The number of pyridine rings is 1. The Morgan fingerprint density at radius 2 is 2.16 bits per heavy atom. The van der Waals surface area contributed by atoms with Gasteiger partial charge in [-0.15, -0.1) is 0 Å². The van der Waals surface area contributed by atoms with Gasteiger partial charge in [0.2, 0.25) is 0 Å². The zero-order valence-corrected chi connectivity index (χ0v) is 11.1. The van der Waals surface area contributed by atoms with Gasteiger partial charge in [-0.1, -0.05) is 0 Å². The van der Waals surface area contributed by atoms with E-state index in [1.165, 1.54) is 6.20 Å². The Balaban J connectivity index is 2.27. The van der Waals surface area contributed by atoms with Crippen molar-refractivity contribution in [2.24, 2.45) is 0 Å². The second kappa shape index (κ2) is 5.14. The van der Waals surface area contributed by atoms with Crippen LogP contribution in [0.15, 0.2) is 28.8 Å². The highest BCUT2D eigenvalue weighted by Gasteiger charge is 2.15. The fourth-order valence-electron chi connectivity index (χ4n) is 1.84. The third-order valence-electron chi connectivity index (χ3n) is 2.83. The molecule has 0 amide bonds.